The highest BCUT2D eigenvalue weighted by Gasteiger charge is 2.16. The Morgan fingerprint density at radius 2 is 2.11 bits per heavy atom. The molecule has 0 bridgehead atoms. The second-order valence-corrected chi connectivity index (χ2v) is 4.45. The minimum absolute atomic E-state index is 0.175. The van der Waals surface area contributed by atoms with Crippen molar-refractivity contribution in [2.75, 3.05) is 17.7 Å². The number of hydrogen-bond donors (Lipinski definition) is 3. The van der Waals surface area contributed by atoms with E-state index in [-0.39, 0.29) is 11.6 Å². The fourth-order valence-corrected chi connectivity index (χ4v) is 1.84. The Labute approximate surface area is 115 Å². The number of pyridine rings is 1. The molecule has 7 heteroatoms. The van der Waals surface area contributed by atoms with Crippen LogP contribution in [0.2, 0.25) is 5.02 Å². The molecule has 1 amide bonds. The van der Waals surface area contributed by atoms with Crippen LogP contribution in [-0.4, -0.2) is 28.1 Å². The Bertz CT molecular complexity index is 603. The third kappa shape index (κ3) is 2.68. The molecule has 0 saturated heterocycles. The highest BCUT2D eigenvalue weighted by Crippen LogP contribution is 2.20. The normalized spacial score (nSPS) is 10.3. The molecule has 2 aromatic rings. The van der Waals surface area contributed by atoms with Crippen LogP contribution in [0.4, 0.5) is 11.5 Å². The second-order valence-electron chi connectivity index (χ2n) is 4.04. The highest BCUT2D eigenvalue weighted by molar-refractivity contribution is 6.34. The van der Waals surface area contributed by atoms with Gasteiger partial charge < -0.3 is 10.6 Å². The number of aromatic nitrogens is 3. The molecule has 0 spiro atoms. The number of carbonyl (C=O) groups is 1. The molecule has 2 aromatic heterocycles. The van der Waals surface area contributed by atoms with E-state index >= 15 is 0 Å². The summed E-state index contributed by atoms with van der Waals surface area (Å²) in [4.78, 5) is 16.3. The van der Waals surface area contributed by atoms with E-state index in [0.717, 1.165) is 5.69 Å². The van der Waals surface area contributed by atoms with E-state index in [9.17, 15) is 4.79 Å². The molecule has 6 nitrogen and oxygen atoms in total. The summed E-state index contributed by atoms with van der Waals surface area (Å²) >= 11 is 5.99. The zero-order valence-electron chi connectivity index (χ0n) is 10.8. The van der Waals surface area contributed by atoms with E-state index in [1.165, 1.54) is 0 Å². The summed E-state index contributed by atoms with van der Waals surface area (Å²) in [5, 5.41) is 12.7. The molecule has 0 fully saturated rings. The van der Waals surface area contributed by atoms with E-state index in [2.05, 4.69) is 25.8 Å². The van der Waals surface area contributed by atoms with Gasteiger partial charge in [-0.25, -0.2) is 4.98 Å². The number of aromatic amines is 1. The van der Waals surface area contributed by atoms with E-state index in [1.807, 2.05) is 6.92 Å². The third-order valence-corrected chi connectivity index (χ3v) is 2.99. The quantitative estimate of drug-likeness (QED) is 0.805. The molecule has 2 rings (SSSR count). The van der Waals surface area contributed by atoms with E-state index in [4.69, 9.17) is 11.6 Å². The van der Waals surface area contributed by atoms with Crippen LogP contribution < -0.4 is 10.6 Å². The van der Waals surface area contributed by atoms with Crippen LogP contribution >= 0.6 is 11.6 Å². The lowest BCUT2D eigenvalue weighted by Gasteiger charge is -2.07. The van der Waals surface area contributed by atoms with Gasteiger partial charge >= 0.3 is 0 Å². The summed E-state index contributed by atoms with van der Waals surface area (Å²) in [6, 6.07) is 3.33. The van der Waals surface area contributed by atoms with Crippen LogP contribution in [0.15, 0.2) is 12.1 Å². The van der Waals surface area contributed by atoms with Gasteiger partial charge in [-0.15, -0.1) is 0 Å². The lowest BCUT2D eigenvalue weighted by Crippen LogP contribution is -2.16. The minimum Gasteiger partial charge on any atom is -0.373 e. The molecule has 0 aliphatic rings. The molecular formula is C12H14ClN5O. The Morgan fingerprint density at radius 1 is 1.37 bits per heavy atom. The molecule has 100 valence electrons. The van der Waals surface area contributed by atoms with Crippen molar-refractivity contribution in [2.24, 2.45) is 0 Å². The average Bonchev–Trinajstić information content (AvgIpc) is 2.71. The van der Waals surface area contributed by atoms with Gasteiger partial charge in [0.2, 0.25) is 0 Å². The average molecular weight is 280 g/mol. The largest absolute Gasteiger partial charge is 0.373 e. The summed E-state index contributed by atoms with van der Waals surface area (Å²) in [6.07, 6.45) is 0. The zero-order chi connectivity index (χ0) is 14.0. The standard InChI is InChI=1S/C12H14ClN5O/c1-6-10(7(2)18-17-6)16-12(19)11-8(13)4-5-9(14-3)15-11/h4-5H,1-3H3,(H,14,15)(H,16,19)(H,17,18). The highest BCUT2D eigenvalue weighted by atomic mass is 35.5. The number of aryl methyl sites for hydroxylation is 2. The number of halogens is 1. The molecule has 19 heavy (non-hydrogen) atoms. The number of anilines is 2. The number of hydrogen-bond acceptors (Lipinski definition) is 4. The summed E-state index contributed by atoms with van der Waals surface area (Å²) in [5.41, 5.74) is 2.32. The summed E-state index contributed by atoms with van der Waals surface area (Å²) < 4.78 is 0. The maximum absolute atomic E-state index is 12.2. The van der Waals surface area contributed by atoms with Crippen LogP contribution in [-0.2, 0) is 0 Å². The van der Waals surface area contributed by atoms with Crippen LogP contribution in [0.1, 0.15) is 21.9 Å². The third-order valence-electron chi connectivity index (χ3n) is 2.68. The van der Waals surface area contributed by atoms with Crippen molar-refractivity contribution in [3.8, 4) is 0 Å². The Morgan fingerprint density at radius 3 is 2.68 bits per heavy atom. The number of nitrogens with zero attached hydrogens (tertiary/aromatic N) is 2. The van der Waals surface area contributed by atoms with Gasteiger partial charge in [-0.3, -0.25) is 9.89 Å². The fraction of sp³-hybridized carbons (Fsp3) is 0.250. The number of rotatable bonds is 3. The number of nitrogens with one attached hydrogen (secondary N) is 3. The number of carbonyl (C=O) groups excluding carboxylic acids is 1. The maximum Gasteiger partial charge on any atom is 0.275 e. The molecule has 0 aromatic carbocycles. The molecule has 0 radical (unpaired) electrons. The zero-order valence-corrected chi connectivity index (χ0v) is 11.6. The first-order valence-electron chi connectivity index (χ1n) is 5.70. The fourth-order valence-electron chi connectivity index (χ4n) is 1.65. The van der Waals surface area contributed by atoms with E-state index < -0.39 is 0 Å². The van der Waals surface area contributed by atoms with Gasteiger partial charge in [-0.05, 0) is 26.0 Å². The second kappa shape index (κ2) is 5.27. The van der Waals surface area contributed by atoms with Crippen LogP contribution in [0.3, 0.4) is 0 Å². The van der Waals surface area contributed by atoms with E-state index in [0.29, 0.717) is 22.2 Å². The molecule has 0 aliphatic carbocycles. The molecule has 0 aliphatic heterocycles. The monoisotopic (exact) mass is 279 g/mol. The van der Waals surface area contributed by atoms with Crippen molar-refractivity contribution in [2.45, 2.75) is 13.8 Å². The number of H-pyrrole nitrogens is 1. The Kier molecular flexibility index (Phi) is 3.71. The van der Waals surface area contributed by atoms with Crippen LogP contribution in [0, 0.1) is 13.8 Å². The van der Waals surface area contributed by atoms with Crippen molar-refractivity contribution in [3.63, 3.8) is 0 Å². The maximum atomic E-state index is 12.2. The topological polar surface area (TPSA) is 82.7 Å². The van der Waals surface area contributed by atoms with Crippen molar-refractivity contribution in [1.82, 2.24) is 15.2 Å². The van der Waals surface area contributed by atoms with Crippen molar-refractivity contribution in [1.29, 1.82) is 0 Å². The van der Waals surface area contributed by atoms with Gasteiger partial charge in [0.15, 0.2) is 0 Å². The van der Waals surface area contributed by atoms with Crippen LogP contribution in [0.5, 0.6) is 0 Å². The van der Waals surface area contributed by atoms with E-state index in [1.54, 1.807) is 26.1 Å². The molecular weight excluding hydrogens is 266 g/mol. The van der Waals surface area contributed by atoms with Crippen molar-refractivity contribution >= 4 is 29.0 Å². The smallest absolute Gasteiger partial charge is 0.275 e. The molecule has 3 N–H and O–H groups in total. The first kappa shape index (κ1) is 13.4. The van der Waals surface area contributed by atoms with Gasteiger partial charge in [-0.2, -0.15) is 5.10 Å². The van der Waals surface area contributed by atoms with Gasteiger partial charge in [-0.1, -0.05) is 11.6 Å². The predicted molar refractivity (Wildman–Crippen MR) is 74.8 cm³/mol. The Balaban J connectivity index is 2.30. The van der Waals surface area contributed by atoms with Crippen molar-refractivity contribution < 1.29 is 4.79 Å². The lowest BCUT2D eigenvalue weighted by molar-refractivity contribution is 0.102. The molecule has 0 atom stereocenters. The van der Waals surface area contributed by atoms with Crippen molar-refractivity contribution in [3.05, 3.63) is 34.2 Å². The summed E-state index contributed by atoms with van der Waals surface area (Å²) in [5.74, 6) is 0.213. The summed E-state index contributed by atoms with van der Waals surface area (Å²) in [7, 11) is 1.72. The Hall–Kier alpha value is -2.08. The van der Waals surface area contributed by atoms with Gasteiger partial charge in [0, 0.05) is 7.05 Å². The minimum atomic E-state index is -0.366. The summed E-state index contributed by atoms with van der Waals surface area (Å²) in [6.45, 7) is 3.63. The predicted octanol–water partition coefficient (Wildman–Crippen LogP) is 2.37. The van der Waals surface area contributed by atoms with Gasteiger partial charge in [0.1, 0.15) is 11.5 Å². The lowest BCUT2D eigenvalue weighted by atomic mass is 10.2. The SMILES string of the molecule is CNc1ccc(Cl)c(C(=O)Nc2c(C)n[nH]c2C)n1. The first-order valence-corrected chi connectivity index (χ1v) is 6.08. The first-order chi connectivity index (χ1) is 9.02. The number of amides is 1. The molecule has 2 heterocycles. The molecule has 0 saturated carbocycles. The van der Waals surface area contributed by atoms with Gasteiger partial charge in [0.05, 0.1) is 22.1 Å². The molecule has 0 unspecified atom stereocenters. The van der Waals surface area contributed by atoms with Crippen LogP contribution in [0.25, 0.3) is 0 Å². The van der Waals surface area contributed by atoms with Gasteiger partial charge in [0.25, 0.3) is 5.91 Å².